The lowest BCUT2D eigenvalue weighted by molar-refractivity contribution is -0.0390. The third-order valence-corrected chi connectivity index (χ3v) is 2.62. The van der Waals surface area contributed by atoms with Gasteiger partial charge in [-0.05, 0) is 13.3 Å². The summed E-state index contributed by atoms with van der Waals surface area (Å²) in [6.07, 6.45) is 1.52. The van der Waals surface area contributed by atoms with Crippen molar-refractivity contribution in [2.45, 2.75) is 31.5 Å². The van der Waals surface area contributed by atoms with Crippen LogP contribution in [0.4, 0.5) is 0 Å². The molecule has 0 aromatic rings. The lowest BCUT2D eigenvalue weighted by Crippen LogP contribution is -2.45. The van der Waals surface area contributed by atoms with Crippen LogP contribution >= 0.6 is 24.8 Å². The Labute approximate surface area is 91.8 Å². The second-order valence-corrected chi connectivity index (χ2v) is 3.75. The first-order valence-corrected chi connectivity index (χ1v) is 4.37. The molecule has 80 valence electrons. The van der Waals surface area contributed by atoms with Crippen LogP contribution in [0.25, 0.3) is 0 Å². The second-order valence-electron chi connectivity index (χ2n) is 3.75. The number of nitrogens with zero attached hydrogens (tertiary/aromatic N) is 1. The summed E-state index contributed by atoms with van der Waals surface area (Å²) in [6, 6.07) is 0.995. The van der Waals surface area contributed by atoms with Crippen LogP contribution in [-0.4, -0.2) is 42.8 Å². The summed E-state index contributed by atoms with van der Waals surface area (Å²) in [6.45, 7) is 5.14. The first-order chi connectivity index (χ1) is 5.25. The van der Waals surface area contributed by atoms with Crippen molar-refractivity contribution in [3.63, 3.8) is 0 Å². The van der Waals surface area contributed by atoms with E-state index >= 15 is 0 Å². The van der Waals surface area contributed by atoms with Crippen molar-refractivity contribution in [3.8, 4) is 0 Å². The first kappa shape index (κ1) is 13.5. The highest BCUT2D eigenvalue weighted by Gasteiger charge is 2.34. The largest absolute Gasteiger partial charge is 0.376 e. The SMILES string of the molecule is C[C@H]1CN2C[C@H](N)C[C@H]2CO1.Cl.Cl. The van der Waals surface area contributed by atoms with Crippen LogP contribution in [0, 0.1) is 0 Å². The van der Waals surface area contributed by atoms with Crippen LogP contribution in [0.3, 0.4) is 0 Å². The Morgan fingerprint density at radius 2 is 2.00 bits per heavy atom. The molecule has 2 heterocycles. The molecule has 3 atom stereocenters. The Morgan fingerprint density at radius 3 is 2.69 bits per heavy atom. The summed E-state index contributed by atoms with van der Waals surface area (Å²) in [5, 5.41) is 0. The number of ether oxygens (including phenoxy) is 1. The van der Waals surface area contributed by atoms with Gasteiger partial charge in [0.05, 0.1) is 12.7 Å². The maximum absolute atomic E-state index is 5.84. The van der Waals surface area contributed by atoms with Crippen LogP contribution in [0.2, 0.25) is 0 Å². The third kappa shape index (κ3) is 2.96. The molecule has 2 fully saturated rings. The van der Waals surface area contributed by atoms with Gasteiger partial charge in [0, 0.05) is 25.2 Å². The van der Waals surface area contributed by atoms with Crippen molar-refractivity contribution in [1.29, 1.82) is 0 Å². The van der Waals surface area contributed by atoms with E-state index in [1.54, 1.807) is 0 Å². The average Bonchev–Trinajstić information content (AvgIpc) is 2.27. The van der Waals surface area contributed by atoms with Gasteiger partial charge in [0.2, 0.25) is 0 Å². The number of rotatable bonds is 0. The van der Waals surface area contributed by atoms with Gasteiger partial charge in [-0.2, -0.15) is 0 Å². The Hall–Kier alpha value is 0.460. The molecule has 2 aliphatic rings. The van der Waals surface area contributed by atoms with Gasteiger partial charge < -0.3 is 10.5 Å². The van der Waals surface area contributed by atoms with Crippen LogP contribution in [0.15, 0.2) is 0 Å². The van der Waals surface area contributed by atoms with E-state index in [0.29, 0.717) is 18.2 Å². The number of halogens is 2. The number of morpholine rings is 1. The maximum Gasteiger partial charge on any atom is 0.0674 e. The van der Waals surface area contributed by atoms with E-state index in [4.69, 9.17) is 10.5 Å². The van der Waals surface area contributed by atoms with Gasteiger partial charge >= 0.3 is 0 Å². The van der Waals surface area contributed by atoms with Gasteiger partial charge in [-0.25, -0.2) is 0 Å². The normalized spacial score (nSPS) is 38.8. The fourth-order valence-electron chi connectivity index (χ4n) is 2.08. The summed E-state index contributed by atoms with van der Waals surface area (Å²) < 4.78 is 5.54. The minimum Gasteiger partial charge on any atom is -0.376 e. The fraction of sp³-hybridized carbons (Fsp3) is 1.00. The van der Waals surface area contributed by atoms with E-state index in [9.17, 15) is 0 Å². The minimum absolute atomic E-state index is 0. The number of hydrogen-bond donors (Lipinski definition) is 1. The highest BCUT2D eigenvalue weighted by atomic mass is 35.5. The molecule has 0 saturated carbocycles. The molecule has 5 heteroatoms. The molecule has 2 rings (SSSR count). The highest BCUT2D eigenvalue weighted by molar-refractivity contribution is 5.85. The van der Waals surface area contributed by atoms with E-state index < -0.39 is 0 Å². The molecule has 0 amide bonds. The van der Waals surface area contributed by atoms with Crippen molar-refractivity contribution in [1.82, 2.24) is 4.90 Å². The molecule has 2 saturated heterocycles. The Morgan fingerprint density at radius 1 is 1.31 bits per heavy atom. The molecule has 2 N–H and O–H groups in total. The Bertz CT molecular complexity index is 159. The summed E-state index contributed by atoms with van der Waals surface area (Å²) in [5.41, 5.74) is 5.84. The smallest absolute Gasteiger partial charge is 0.0674 e. The Balaban J connectivity index is 0.000000720. The molecule has 0 aromatic heterocycles. The average molecular weight is 229 g/mol. The van der Waals surface area contributed by atoms with E-state index in [0.717, 1.165) is 26.1 Å². The quantitative estimate of drug-likeness (QED) is 0.662. The van der Waals surface area contributed by atoms with E-state index in [1.807, 2.05) is 0 Å². The molecular weight excluding hydrogens is 211 g/mol. The summed E-state index contributed by atoms with van der Waals surface area (Å²) in [4.78, 5) is 2.46. The molecule has 0 spiro atoms. The zero-order chi connectivity index (χ0) is 7.84. The molecule has 0 bridgehead atoms. The van der Waals surface area contributed by atoms with Crippen molar-refractivity contribution < 1.29 is 4.74 Å². The molecule has 3 nitrogen and oxygen atoms in total. The molecule has 0 aromatic carbocycles. The van der Waals surface area contributed by atoms with Gasteiger partial charge in [-0.3, -0.25) is 4.90 Å². The molecule has 2 aliphatic heterocycles. The van der Waals surface area contributed by atoms with E-state index in [2.05, 4.69) is 11.8 Å². The minimum atomic E-state index is 0. The van der Waals surface area contributed by atoms with Crippen molar-refractivity contribution in [2.75, 3.05) is 19.7 Å². The first-order valence-electron chi connectivity index (χ1n) is 4.37. The number of fused-ring (bicyclic) bond motifs is 1. The predicted molar refractivity (Wildman–Crippen MR) is 57.9 cm³/mol. The van der Waals surface area contributed by atoms with Crippen molar-refractivity contribution in [3.05, 3.63) is 0 Å². The van der Waals surface area contributed by atoms with Gasteiger partial charge in [0.1, 0.15) is 0 Å². The van der Waals surface area contributed by atoms with Crippen molar-refractivity contribution in [2.24, 2.45) is 5.73 Å². The standard InChI is InChI=1S/C8H16N2O.2ClH/c1-6-3-10-4-7(9)2-8(10)5-11-6;;/h6-8H,2-5,9H2,1H3;2*1H/t6-,7+,8-;;/m0../s1. The van der Waals surface area contributed by atoms with E-state index in [-0.39, 0.29) is 24.8 Å². The molecule has 0 radical (unpaired) electrons. The number of nitrogens with two attached hydrogens (primary N) is 1. The summed E-state index contributed by atoms with van der Waals surface area (Å²) in [7, 11) is 0. The van der Waals surface area contributed by atoms with Crippen LogP contribution < -0.4 is 5.73 Å². The zero-order valence-corrected chi connectivity index (χ0v) is 9.44. The van der Waals surface area contributed by atoms with Crippen LogP contribution in [-0.2, 0) is 4.74 Å². The van der Waals surface area contributed by atoms with Crippen molar-refractivity contribution >= 4 is 24.8 Å². The molecular formula is C8H18Cl2N2O. The number of hydrogen-bond acceptors (Lipinski definition) is 3. The summed E-state index contributed by atoms with van der Waals surface area (Å²) >= 11 is 0. The zero-order valence-electron chi connectivity index (χ0n) is 7.81. The summed E-state index contributed by atoms with van der Waals surface area (Å²) in [5.74, 6) is 0. The topological polar surface area (TPSA) is 38.5 Å². The lowest BCUT2D eigenvalue weighted by atomic mass is 10.2. The monoisotopic (exact) mass is 228 g/mol. The maximum atomic E-state index is 5.84. The molecule has 0 unspecified atom stereocenters. The lowest BCUT2D eigenvalue weighted by Gasteiger charge is -2.33. The highest BCUT2D eigenvalue weighted by Crippen LogP contribution is 2.21. The van der Waals surface area contributed by atoms with Gasteiger partial charge in [0.25, 0.3) is 0 Å². The van der Waals surface area contributed by atoms with Gasteiger partial charge in [-0.15, -0.1) is 24.8 Å². The Kier molecular flexibility index (Phi) is 5.56. The molecule has 13 heavy (non-hydrogen) atoms. The fourth-order valence-corrected chi connectivity index (χ4v) is 2.08. The van der Waals surface area contributed by atoms with Gasteiger partial charge in [0.15, 0.2) is 0 Å². The second kappa shape index (κ2) is 5.37. The third-order valence-electron chi connectivity index (χ3n) is 2.62. The molecule has 0 aliphatic carbocycles. The van der Waals surface area contributed by atoms with Crippen LogP contribution in [0.5, 0.6) is 0 Å². The van der Waals surface area contributed by atoms with E-state index in [1.165, 1.54) is 0 Å². The predicted octanol–water partition coefficient (Wildman–Crippen LogP) is 0.650. The van der Waals surface area contributed by atoms with Gasteiger partial charge in [-0.1, -0.05) is 0 Å². The van der Waals surface area contributed by atoms with Crippen LogP contribution in [0.1, 0.15) is 13.3 Å².